The van der Waals surface area contributed by atoms with E-state index in [1.54, 1.807) is 6.07 Å². The number of carboxylic acid groups (broad SMARTS) is 1. The van der Waals surface area contributed by atoms with Crippen LogP contribution in [0.15, 0.2) is 18.2 Å². The molecule has 1 aromatic rings. The first-order chi connectivity index (χ1) is 12.3. The Labute approximate surface area is 151 Å². The highest BCUT2D eigenvalue weighted by atomic mass is 19.4. The summed E-state index contributed by atoms with van der Waals surface area (Å²) in [6.45, 7) is 3.43. The molecule has 1 aliphatic rings. The Bertz CT molecular complexity index is 598. The lowest BCUT2D eigenvalue weighted by Crippen LogP contribution is -2.49. The Morgan fingerprint density at radius 3 is 2.54 bits per heavy atom. The van der Waals surface area contributed by atoms with Gasteiger partial charge in [-0.15, -0.1) is 0 Å². The minimum Gasteiger partial charge on any atom is -0.493 e. The fourth-order valence-electron chi connectivity index (χ4n) is 3.02. The molecule has 0 aromatic heterocycles. The third kappa shape index (κ3) is 5.90. The third-order valence-electron chi connectivity index (χ3n) is 4.57. The van der Waals surface area contributed by atoms with Gasteiger partial charge in [0.2, 0.25) is 0 Å². The van der Waals surface area contributed by atoms with Gasteiger partial charge in [0.25, 0.3) is 0 Å². The molecular weight excluding hydrogens is 347 g/mol. The Balaban J connectivity index is 1.93. The zero-order valence-corrected chi connectivity index (χ0v) is 15.0. The number of halogens is 3. The van der Waals surface area contributed by atoms with E-state index in [4.69, 9.17) is 9.84 Å². The number of carbonyl (C=O) groups is 1. The van der Waals surface area contributed by atoms with E-state index in [1.165, 1.54) is 6.07 Å². The number of rotatable bonds is 10. The van der Waals surface area contributed by atoms with Crippen molar-refractivity contribution >= 4 is 5.97 Å². The lowest BCUT2D eigenvalue weighted by Gasteiger charge is -2.36. The van der Waals surface area contributed by atoms with Gasteiger partial charge in [-0.2, -0.15) is 13.2 Å². The number of alkyl halides is 3. The van der Waals surface area contributed by atoms with Gasteiger partial charge in [-0.1, -0.05) is 38.7 Å². The standard InChI is InChI=1S/C19H26F3NO3/c1-2-3-4-5-6-9-26-17-8-7-14(10-16(17)19(20,21)22)11-23-12-15(13-23)18(24)25/h7-8,10,15H,2-6,9,11-13H2,1H3,(H,24,25). The van der Waals surface area contributed by atoms with E-state index in [-0.39, 0.29) is 12.4 Å². The quantitative estimate of drug-likeness (QED) is 0.611. The average Bonchev–Trinajstić information content (AvgIpc) is 2.53. The van der Waals surface area contributed by atoms with Crippen LogP contribution in [0.5, 0.6) is 5.75 Å². The molecule has 1 saturated heterocycles. The van der Waals surface area contributed by atoms with Crippen molar-refractivity contribution < 1.29 is 27.8 Å². The molecule has 26 heavy (non-hydrogen) atoms. The summed E-state index contributed by atoms with van der Waals surface area (Å²) in [5, 5.41) is 8.86. The maximum atomic E-state index is 13.3. The zero-order valence-electron chi connectivity index (χ0n) is 15.0. The minimum atomic E-state index is -4.48. The van der Waals surface area contributed by atoms with E-state index in [1.807, 2.05) is 4.90 Å². The van der Waals surface area contributed by atoms with Crippen LogP contribution in [-0.2, 0) is 17.5 Å². The van der Waals surface area contributed by atoms with Gasteiger partial charge in [-0.05, 0) is 24.1 Å². The average molecular weight is 373 g/mol. The first-order valence-electron chi connectivity index (χ1n) is 9.09. The number of unbranched alkanes of at least 4 members (excludes halogenated alkanes) is 4. The Morgan fingerprint density at radius 1 is 1.23 bits per heavy atom. The largest absolute Gasteiger partial charge is 0.493 e. The molecule has 0 spiro atoms. The molecule has 0 bridgehead atoms. The van der Waals surface area contributed by atoms with Gasteiger partial charge < -0.3 is 9.84 Å². The summed E-state index contributed by atoms with van der Waals surface area (Å²) in [7, 11) is 0. The molecule has 7 heteroatoms. The summed E-state index contributed by atoms with van der Waals surface area (Å²) < 4.78 is 45.4. The van der Waals surface area contributed by atoms with Crippen molar-refractivity contribution in [2.24, 2.45) is 5.92 Å². The predicted molar refractivity (Wildman–Crippen MR) is 92.1 cm³/mol. The number of hydrogen-bond donors (Lipinski definition) is 1. The van der Waals surface area contributed by atoms with E-state index in [0.29, 0.717) is 25.2 Å². The molecule has 0 aliphatic carbocycles. The van der Waals surface area contributed by atoms with E-state index < -0.39 is 23.6 Å². The van der Waals surface area contributed by atoms with Gasteiger partial charge in [0.05, 0.1) is 18.1 Å². The Morgan fingerprint density at radius 2 is 1.92 bits per heavy atom. The second-order valence-electron chi connectivity index (χ2n) is 6.82. The molecule has 2 rings (SSSR count). The lowest BCUT2D eigenvalue weighted by atomic mass is 9.99. The molecule has 1 N–H and O–H groups in total. The molecule has 146 valence electrons. The highest BCUT2D eigenvalue weighted by Gasteiger charge is 2.36. The van der Waals surface area contributed by atoms with Crippen LogP contribution in [0, 0.1) is 5.92 Å². The lowest BCUT2D eigenvalue weighted by molar-refractivity contribution is -0.147. The number of likely N-dealkylation sites (tertiary alicyclic amines) is 1. The number of hydrogen-bond acceptors (Lipinski definition) is 3. The molecule has 1 heterocycles. The molecule has 1 fully saturated rings. The Hall–Kier alpha value is -1.76. The summed E-state index contributed by atoms with van der Waals surface area (Å²) >= 11 is 0. The number of carboxylic acids is 1. The monoisotopic (exact) mass is 373 g/mol. The molecule has 1 aromatic carbocycles. The second-order valence-corrected chi connectivity index (χ2v) is 6.82. The van der Waals surface area contributed by atoms with Gasteiger partial charge in [0.1, 0.15) is 5.75 Å². The molecule has 0 unspecified atom stereocenters. The summed E-state index contributed by atoms with van der Waals surface area (Å²) in [5.74, 6) is -1.42. The Kier molecular flexibility index (Phi) is 7.32. The van der Waals surface area contributed by atoms with Crippen molar-refractivity contribution in [3.63, 3.8) is 0 Å². The third-order valence-corrected chi connectivity index (χ3v) is 4.57. The fraction of sp³-hybridized carbons (Fsp3) is 0.632. The predicted octanol–water partition coefficient (Wildman–Crippen LogP) is 4.57. The van der Waals surface area contributed by atoms with Gasteiger partial charge in [0, 0.05) is 19.6 Å². The van der Waals surface area contributed by atoms with Gasteiger partial charge in [-0.3, -0.25) is 9.69 Å². The summed E-state index contributed by atoms with van der Waals surface area (Å²) in [5.41, 5.74) is -0.254. The molecule has 1 aliphatic heterocycles. The van der Waals surface area contributed by atoms with Gasteiger partial charge >= 0.3 is 12.1 Å². The minimum absolute atomic E-state index is 0.135. The molecule has 0 radical (unpaired) electrons. The van der Waals surface area contributed by atoms with Crippen molar-refractivity contribution in [3.8, 4) is 5.75 Å². The van der Waals surface area contributed by atoms with Crippen molar-refractivity contribution in [2.75, 3.05) is 19.7 Å². The van der Waals surface area contributed by atoms with Crippen LogP contribution in [0.3, 0.4) is 0 Å². The van der Waals surface area contributed by atoms with E-state index >= 15 is 0 Å². The molecule has 0 saturated carbocycles. The van der Waals surface area contributed by atoms with Crippen LogP contribution in [0.1, 0.15) is 50.2 Å². The van der Waals surface area contributed by atoms with Crippen molar-refractivity contribution in [2.45, 2.75) is 51.7 Å². The SMILES string of the molecule is CCCCCCCOc1ccc(CN2CC(C(=O)O)C2)cc1C(F)(F)F. The topological polar surface area (TPSA) is 49.8 Å². The zero-order chi connectivity index (χ0) is 19.2. The van der Waals surface area contributed by atoms with Crippen molar-refractivity contribution in [3.05, 3.63) is 29.3 Å². The van der Waals surface area contributed by atoms with Crippen molar-refractivity contribution in [1.82, 2.24) is 4.90 Å². The number of aliphatic carboxylic acids is 1. The first-order valence-corrected chi connectivity index (χ1v) is 9.09. The maximum Gasteiger partial charge on any atom is 0.419 e. The van der Waals surface area contributed by atoms with Gasteiger partial charge in [-0.25, -0.2) is 0 Å². The molecule has 0 amide bonds. The number of ether oxygens (including phenoxy) is 1. The normalized spacial score (nSPS) is 15.7. The first kappa shape index (κ1) is 20.6. The summed E-state index contributed by atoms with van der Waals surface area (Å²) in [6.07, 6.45) is 0.521. The van der Waals surface area contributed by atoms with Crippen molar-refractivity contribution in [1.29, 1.82) is 0 Å². The summed E-state index contributed by atoms with van der Waals surface area (Å²) in [6, 6.07) is 4.11. The molecule has 4 nitrogen and oxygen atoms in total. The second kappa shape index (κ2) is 9.26. The highest BCUT2D eigenvalue weighted by Crippen LogP contribution is 2.37. The van der Waals surface area contributed by atoms with Gasteiger partial charge in [0.15, 0.2) is 0 Å². The fourth-order valence-corrected chi connectivity index (χ4v) is 3.02. The van der Waals surface area contributed by atoms with Crippen LogP contribution in [0.25, 0.3) is 0 Å². The van der Waals surface area contributed by atoms with Crippen LogP contribution >= 0.6 is 0 Å². The van der Waals surface area contributed by atoms with E-state index in [0.717, 1.165) is 38.2 Å². The van der Waals surface area contributed by atoms with Crippen LogP contribution in [-0.4, -0.2) is 35.7 Å². The smallest absolute Gasteiger partial charge is 0.419 e. The maximum absolute atomic E-state index is 13.3. The van der Waals surface area contributed by atoms with E-state index in [2.05, 4.69) is 6.92 Å². The van der Waals surface area contributed by atoms with E-state index in [9.17, 15) is 18.0 Å². The number of benzene rings is 1. The highest BCUT2D eigenvalue weighted by molar-refractivity contribution is 5.71. The van der Waals surface area contributed by atoms with Crippen LogP contribution < -0.4 is 4.74 Å². The van der Waals surface area contributed by atoms with Crippen LogP contribution in [0.4, 0.5) is 13.2 Å². The van der Waals surface area contributed by atoms with Crippen LogP contribution in [0.2, 0.25) is 0 Å². The number of nitrogens with zero attached hydrogens (tertiary/aromatic N) is 1. The molecular formula is C19H26F3NO3. The summed E-state index contributed by atoms with van der Waals surface area (Å²) in [4.78, 5) is 12.6. The molecule has 0 atom stereocenters.